The molecule has 0 aromatic carbocycles. The van der Waals surface area contributed by atoms with Crippen molar-refractivity contribution >= 4 is 6.09 Å². The second kappa shape index (κ2) is 3.61. The zero-order chi connectivity index (χ0) is 9.14. The minimum atomic E-state index is -0.335. The third-order valence-electron chi connectivity index (χ3n) is 2.24. The summed E-state index contributed by atoms with van der Waals surface area (Å²) in [4.78, 5) is 10.8. The van der Waals surface area contributed by atoms with E-state index < -0.39 is 0 Å². The Hall–Kier alpha value is -0.990. The van der Waals surface area contributed by atoms with Gasteiger partial charge in [-0.15, -0.1) is 0 Å². The molecule has 1 N–H and O–H groups in total. The Morgan fingerprint density at radius 2 is 2.25 bits per heavy atom. The van der Waals surface area contributed by atoms with Crippen molar-refractivity contribution in [1.29, 1.82) is 0 Å². The molecule has 1 aliphatic carbocycles. The van der Waals surface area contributed by atoms with Gasteiger partial charge in [-0.1, -0.05) is 5.57 Å². The smallest absolute Gasteiger partial charge is 0.407 e. The maximum atomic E-state index is 10.8. The lowest BCUT2D eigenvalue weighted by Gasteiger charge is -2.31. The monoisotopic (exact) mass is 169 g/mol. The molecule has 1 aliphatic rings. The van der Waals surface area contributed by atoms with Gasteiger partial charge in [0.25, 0.3) is 0 Å². The molecule has 0 spiro atoms. The summed E-state index contributed by atoms with van der Waals surface area (Å²) in [5.41, 5.74) is 2.66. The third kappa shape index (κ3) is 1.78. The Bertz CT molecular complexity index is 217. The number of methoxy groups -OCH3 is 1. The van der Waals surface area contributed by atoms with E-state index in [1.165, 1.54) is 18.3 Å². The van der Waals surface area contributed by atoms with Crippen molar-refractivity contribution in [3.8, 4) is 0 Å². The van der Waals surface area contributed by atoms with Crippen LogP contribution >= 0.6 is 0 Å². The minimum absolute atomic E-state index is 0.224. The van der Waals surface area contributed by atoms with Crippen LogP contribution in [0.2, 0.25) is 0 Å². The number of amides is 1. The van der Waals surface area contributed by atoms with Crippen LogP contribution in [0.4, 0.5) is 4.79 Å². The average molecular weight is 169 g/mol. The second-order valence-electron chi connectivity index (χ2n) is 3.25. The predicted octanol–water partition coefficient (Wildman–Crippen LogP) is 1.84. The predicted molar refractivity (Wildman–Crippen MR) is 46.9 cm³/mol. The Morgan fingerprint density at radius 3 is 2.58 bits per heavy atom. The molecule has 3 nitrogen and oxygen atoms in total. The van der Waals surface area contributed by atoms with Crippen LogP contribution in [0.25, 0.3) is 0 Å². The van der Waals surface area contributed by atoms with Crippen LogP contribution in [-0.4, -0.2) is 19.2 Å². The Labute approximate surface area is 72.8 Å². The molecule has 1 rings (SSSR count). The number of allylic oxidation sites excluding steroid dienone is 1. The van der Waals surface area contributed by atoms with Crippen LogP contribution in [0.5, 0.6) is 0 Å². The van der Waals surface area contributed by atoms with Gasteiger partial charge in [0.05, 0.1) is 13.2 Å². The minimum Gasteiger partial charge on any atom is -0.453 e. The van der Waals surface area contributed by atoms with Gasteiger partial charge in [-0.05, 0) is 32.3 Å². The molecular weight excluding hydrogens is 154 g/mol. The van der Waals surface area contributed by atoms with Crippen LogP contribution in [0.15, 0.2) is 11.1 Å². The van der Waals surface area contributed by atoms with E-state index in [4.69, 9.17) is 0 Å². The van der Waals surface area contributed by atoms with Crippen molar-refractivity contribution in [2.24, 2.45) is 0 Å². The molecule has 0 bridgehead atoms. The molecule has 1 fully saturated rings. The zero-order valence-electron chi connectivity index (χ0n) is 7.81. The van der Waals surface area contributed by atoms with Crippen LogP contribution in [0, 0.1) is 0 Å². The van der Waals surface area contributed by atoms with Gasteiger partial charge in [0.1, 0.15) is 0 Å². The van der Waals surface area contributed by atoms with Crippen molar-refractivity contribution in [2.75, 3.05) is 7.11 Å². The van der Waals surface area contributed by atoms with Crippen LogP contribution in [-0.2, 0) is 4.74 Å². The van der Waals surface area contributed by atoms with Gasteiger partial charge < -0.3 is 10.1 Å². The molecule has 0 heterocycles. The second-order valence-corrected chi connectivity index (χ2v) is 3.25. The van der Waals surface area contributed by atoms with E-state index in [2.05, 4.69) is 23.9 Å². The highest BCUT2D eigenvalue weighted by molar-refractivity contribution is 5.68. The molecule has 3 heteroatoms. The first-order valence-electron chi connectivity index (χ1n) is 4.16. The number of hydrogen-bond donors (Lipinski definition) is 1. The first-order chi connectivity index (χ1) is 5.65. The van der Waals surface area contributed by atoms with Crippen molar-refractivity contribution in [2.45, 2.75) is 32.7 Å². The van der Waals surface area contributed by atoms with Crippen molar-refractivity contribution in [1.82, 2.24) is 5.32 Å². The summed E-state index contributed by atoms with van der Waals surface area (Å²) < 4.78 is 4.51. The Kier molecular flexibility index (Phi) is 2.74. The van der Waals surface area contributed by atoms with Gasteiger partial charge in [0.15, 0.2) is 0 Å². The topological polar surface area (TPSA) is 38.3 Å². The first-order valence-corrected chi connectivity index (χ1v) is 4.16. The fraction of sp³-hybridized carbons (Fsp3) is 0.667. The van der Waals surface area contributed by atoms with Gasteiger partial charge >= 0.3 is 6.09 Å². The lowest BCUT2D eigenvalue weighted by molar-refractivity contribution is 0.165. The highest BCUT2D eigenvalue weighted by Gasteiger charge is 2.26. The first kappa shape index (κ1) is 9.10. The Morgan fingerprint density at radius 1 is 1.58 bits per heavy atom. The number of carbonyl (C=O) groups excluding carboxylic acids is 1. The maximum Gasteiger partial charge on any atom is 0.407 e. The van der Waals surface area contributed by atoms with Crippen LogP contribution < -0.4 is 5.32 Å². The third-order valence-corrected chi connectivity index (χ3v) is 2.24. The fourth-order valence-corrected chi connectivity index (χ4v) is 1.39. The van der Waals surface area contributed by atoms with E-state index in [-0.39, 0.29) is 12.1 Å². The molecule has 0 aromatic heterocycles. The van der Waals surface area contributed by atoms with Crippen molar-refractivity contribution in [3.05, 3.63) is 11.1 Å². The average Bonchev–Trinajstić information content (AvgIpc) is 1.96. The number of nitrogens with one attached hydrogen (secondary N) is 1. The summed E-state index contributed by atoms with van der Waals surface area (Å²) in [6, 6.07) is 0.224. The summed E-state index contributed by atoms with van der Waals surface area (Å²) in [5, 5.41) is 2.78. The quantitative estimate of drug-likeness (QED) is 0.608. The van der Waals surface area contributed by atoms with Gasteiger partial charge in [-0.25, -0.2) is 4.79 Å². The van der Waals surface area contributed by atoms with Gasteiger partial charge in [0.2, 0.25) is 0 Å². The molecular formula is C9H15NO2. The van der Waals surface area contributed by atoms with E-state index in [0.29, 0.717) is 0 Å². The highest BCUT2D eigenvalue weighted by Crippen LogP contribution is 2.29. The van der Waals surface area contributed by atoms with E-state index in [1.54, 1.807) is 0 Å². The maximum absolute atomic E-state index is 10.8. The zero-order valence-corrected chi connectivity index (χ0v) is 7.81. The number of carbonyl (C=O) groups is 1. The highest BCUT2D eigenvalue weighted by atomic mass is 16.5. The summed E-state index contributed by atoms with van der Waals surface area (Å²) in [6.07, 6.45) is 1.81. The lowest BCUT2D eigenvalue weighted by atomic mass is 9.83. The largest absolute Gasteiger partial charge is 0.453 e. The van der Waals surface area contributed by atoms with Gasteiger partial charge in [-0.2, -0.15) is 0 Å². The van der Waals surface area contributed by atoms with E-state index in [0.717, 1.165) is 12.8 Å². The van der Waals surface area contributed by atoms with Gasteiger partial charge in [0, 0.05) is 0 Å². The number of rotatable bonds is 1. The number of alkyl carbamates (subject to hydrolysis) is 1. The number of hydrogen-bond acceptors (Lipinski definition) is 2. The summed E-state index contributed by atoms with van der Waals surface area (Å²) in [6.45, 7) is 4.14. The summed E-state index contributed by atoms with van der Waals surface area (Å²) >= 11 is 0. The fourth-order valence-electron chi connectivity index (χ4n) is 1.39. The molecule has 1 saturated carbocycles. The van der Waals surface area contributed by atoms with E-state index >= 15 is 0 Å². The molecule has 0 radical (unpaired) electrons. The molecule has 0 aliphatic heterocycles. The normalized spacial score (nSPS) is 21.2. The van der Waals surface area contributed by atoms with E-state index in [9.17, 15) is 4.79 Å². The SMILES string of the molecule is COC(=O)NC1CCC1=C(C)C. The molecule has 12 heavy (non-hydrogen) atoms. The standard InChI is InChI=1S/C9H15NO2/c1-6(2)7-4-5-8(7)10-9(11)12-3/h8H,4-5H2,1-3H3,(H,10,11). The van der Waals surface area contributed by atoms with Crippen molar-refractivity contribution < 1.29 is 9.53 Å². The molecule has 68 valence electrons. The molecule has 0 aromatic rings. The summed E-state index contributed by atoms with van der Waals surface area (Å²) in [5.74, 6) is 0. The Balaban J connectivity index is 2.46. The van der Waals surface area contributed by atoms with Crippen LogP contribution in [0.3, 0.4) is 0 Å². The lowest BCUT2D eigenvalue weighted by Crippen LogP contribution is -2.41. The van der Waals surface area contributed by atoms with Crippen molar-refractivity contribution in [3.63, 3.8) is 0 Å². The molecule has 1 atom stereocenters. The van der Waals surface area contributed by atoms with Crippen LogP contribution in [0.1, 0.15) is 26.7 Å². The molecule has 0 saturated heterocycles. The van der Waals surface area contributed by atoms with Gasteiger partial charge in [-0.3, -0.25) is 0 Å². The molecule has 1 unspecified atom stereocenters. The number of ether oxygens (including phenoxy) is 1. The van der Waals surface area contributed by atoms with E-state index in [1.807, 2.05) is 0 Å². The summed E-state index contributed by atoms with van der Waals surface area (Å²) in [7, 11) is 1.39. The molecule has 1 amide bonds.